The largest absolute Gasteiger partial charge is 0.451 e. The van der Waals surface area contributed by atoms with E-state index in [0.717, 1.165) is 28.8 Å². The molecular weight excluding hydrogens is 326 g/mol. The number of carbonyl (C=O) groups excluding carboxylic acids is 1. The van der Waals surface area contributed by atoms with Crippen molar-refractivity contribution in [2.45, 2.75) is 20.3 Å². The van der Waals surface area contributed by atoms with Crippen LogP contribution in [0.2, 0.25) is 0 Å². The molecule has 0 atom stereocenters. The summed E-state index contributed by atoms with van der Waals surface area (Å²) in [7, 11) is 0. The van der Waals surface area contributed by atoms with Crippen molar-refractivity contribution in [1.82, 2.24) is 9.78 Å². The second-order valence-corrected chi connectivity index (χ2v) is 6.13. The molecule has 26 heavy (non-hydrogen) atoms. The van der Waals surface area contributed by atoms with Gasteiger partial charge in [-0.15, -0.1) is 5.10 Å². The first-order valence-corrected chi connectivity index (χ1v) is 8.61. The van der Waals surface area contributed by atoms with Crippen LogP contribution in [0.4, 0.5) is 5.82 Å². The number of hydrogen-bond donors (Lipinski definition) is 1. The van der Waals surface area contributed by atoms with Gasteiger partial charge in [-0.25, -0.2) is 4.68 Å². The van der Waals surface area contributed by atoms with Crippen molar-refractivity contribution in [3.05, 3.63) is 77.7 Å². The maximum Gasteiger partial charge on any atom is 0.292 e. The molecule has 130 valence electrons. The van der Waals surface area contributed by atoms with Gasteiger partial charge in [-0.05, 0) is 31.5 Å². The molecule has 2 heterocycles. The minimum atomic E-state index is -0.293. The summed E-state index contributed by atoms with van der Waals surface area (Å²) in [4.78, 5) is 12.7. The lowest BCUT2D eigenvalue weighted by Crippen LogP contribution is -2.12. The van der Waals surface area contributed by atoms with Crippen molar-refractivity contribution in [2.24, 2.45) is 0 Å². The minimum absolute atomic E-state index is 0.293. The van der Waals surface area contributed by atoms with Crippen molar-refractivity contribution < 1.29 is 9.21 Å². The van der Waals surface area contributed by atoms with Gasteiger partial charge >= 0.3 is 0 Å². The Labute approximate surface area is 151 Å². The van der Waals surface area contributed by atoms with Gasteiger partial charge in [0.25, 0.3) is 5.91 Å². The predicted molar refractivity (Wildman–Crippen MR) is 102 cm³/mol. The first kappa shape index (κ1) is 16.1. The van der Waals surface area contributed by atoms with E-state index in [1.54, 1.807) is 0 Å². The molecule has 4 aromatic rings. The summed E-state index contributed by atoms with van der Waals surface area (Å²) < 4.78 is 7.58. The number of anilines is 1. The van der Waals surface area contributed by atoms with Crippen molar-refractivity contribution >= 4 is 22.7 Å². The smallest absolute Gasteiger partial charge is 0.292 e. The number of fused-ring (bicyclic) bond motifs is 1. The highest BCUT2D eigenvalue weighted by molar-refractivity contribution is 6.06. The number of benzene rings is 2. The highest BCUT2D eigenvalue weighted by atomic mass is 16.3. The van der Waals surface area contributed by atoms with Crippen LogP contribution in [-0.2, 0) is 6.42 Å². The molecule has 2 aromatic carbocycles. The third-order valence-corrected chi connectivity index (χ3v) is 4.44. The Morgan fingerprint density at radius 3 is 2.58 bits per heavy atom. The molecule has 0 spiro atoms. The van der Waals surface area contributed by atoms with Crippen LogP contribution in [-0.4, -0.2) is 15.7 Å². The Morgan fingerprint density at radius 1 is 1.12 bits per heavy atom. The molecule has 0 aliphatic carbocycles. The Kier molecular flexibility index (Phi) is 4.05. The van der Waals surface area contributed by atoms with Crippen LogP contribution < -0.4 is 5.32 Å². The zero-order valence-electron chi connectivity index (χ0n) is 14.7. The molecule has 2 aromatic heterocycles. The molecule has 1 N–H and O–H groups in total. The number of amides is 1. The highest BCUT2D eigenvalue weighted by Crippen LogP contribution is 2.26. The first-order valence-electron chi connectivity index (χ1n) is 8.61. The number of aromatic nitrogens is 2. The molecule has 4 rings (SSSR count). The van der Waals surface area contributed by atoms with E-state index in [0.29, 0.717) is 17.2 Å². The summed E-state index contributed by atoms with van der Waals surface area (Å²) in [6, 6.07) is 19.4. The fourth-order valence-corrected chi connectivity index (χ4v) is 3.09. The van der Waals surface area contributed by atoms with Crippen molar-refractivity contribution in [3.8, 4) is 5.69 Å². The lowest BCUT2D eigenvalue weighted by Gasteiger charge is -2.04. The van der Waals surface area contributed by atoms with E-state index in [2.05, 4.69) is 17.3 Å². The van der Waals surface area contributed by atoms with Gasteiger partial charge in [0.1, 0.15) is 5.58 Å². The topological polar surface area (TPSA) is 60.1 Å². The number of nitrogens with one attached hydrogen (secondary N) is 1. The summed E-state index contributed by atoms with van der Waals surface area (Å²) in [6.45, 7) is 3.95. The van der Waals surface area contributed by atoms with Gasteiger partial charge in [-0.2, -0.15) is 0 Å². The SMILES string of the molecule is CCc1cc(NC(=O)c2oc3ccccc3c2C)nn1-c1ccccc1. The Balaban J connectivity index is 1.65. The fourth-order valence-electron chi connectivity index (χ4n) is 3.09. The second-order valence-electron chi connectivity index (χ2n) is 6.13. The van der Waals surface area contributed by atoms with Gasteiger partial charge in [-0.3, -0.25) is 4.79 Å². The minimum Gasteiger partial charge on any atom is -0.451 e. The Bertz CT molecular complexity index is 1080. The van der Waals surface area contributed by atoms with Crippen LogP contribution in [0, 0.1) is 6.92 Å². The summed E-state index contributed by atoms with van der Waals surface area (Å²) in [5.41, 5.74) is 3.52. The van der Waals surface area contributed by atoms with E-state index in [1.165, 1.54) is 0 Å². The van der Waals surface area contributed by atoms with Crippen LogP contribution in [0.15, 0.2) is 65.1 Å². The molecule has 1 amide bonds. The lowest BCUT2D eigenvalue weighted by atomic mass is 10.1. The first-order chi connectivity index (χ1) is 12.7. The van der Waals surface area contributed by atoms with Gasteiger partial charge in [-0.1, -0.05) is 43.3 Å². The van der Waals surface area contributed by atoms with E-state index in [9.17, 15) is 4.79 Å². The Hall–Kier alpha value is -3.34. The van der Waals surface area contributed by atoms with Gasteiger partial charge in [0.2, 0.25) is 0 Å². The molecule has 0 fully saturated rings. The van der Waals surface area contributed by atoms with Crippen molar-refractivity contribution in [1.29, 1.82) is 0 Å². The summed E-state index contributed by atoms with van der Waals surface area (Å²) >= 11 is 0. The molecule has 0 radical (unpaired) electrons. The van der Waals surface area contributed by atoms with Crippen molar-refractivity contribution in [2.75, 3.05) is 5.32 Å². The summed E-state index contributed by atoms with van der Waals surface area (Å²) in [6.07, 6.45) is 0.807. The molecule has 5 nitrogen and oxygen atoms in total. The fraction of sp³-hybridized carbons (Fsp3) is 0.143. The molecule has 0 saturated heterocycles. The van der Waals surface area contributed by atoms with E-state index in [4.69, 9.17) is 4.42 Å². The van der Waals surface area contributed by atoms with Crippen LogP contribution in [0.3, 0.4) is 0 Å². The van der Waals surface area contributed by atoms with Crippen LogP contribution in [0.1, 0.15) is 28.7 Å². The number of carbonyl (C=O) groups is 1. The zero-order valence-corrected chi connectivity index (χ0v) is 14.7. The average Bonchev–Trinajstić information content (AvgIpc) is 3.24. The third-order valence-electron chi connectivity index (χ3n) is 4.44. The maximum absolute atomic E-state index is 12.7. The number of furan rings is 1. The quantitative estimate of drug-likeness (QED) is 0.581. The van der Waals surface area contributed by atoms with Crippen LogP contribution >= 0.6 is 0 Å². The number of para-hydroxylation sites is 2. The average molecular weight is 345 g/mol. The second kappa shape index (κ2) is 6.52. The predicted octanol–water partition coefficient (Wildman–Crippen LogP) is 4.74. The summed E-state index contributed by atoms with van der Waals surface area (Å²) in [5.74, 6) is 0.535. The van der Waals surface area contributed by atoms with Crippen LogP contribution in [0.5, 0.6) is 0 Å². The number of hydrogen-bond acceptors (Lipinski definition) is 3. The monoisotopic (exact) mass is 345 g/mol. The molecule has 0 saturated carbocycles. The molecule has 0 unspecified atom stereocenters. The van der Waals surface area contributed by atoms with Gasteiger partial charge in [0.05, 0.1) is 5.69 Å². The van der Waals surface area contributed by atoms with Crippen molar-refractivity contribution in [3.63, 3.8) is 0 Å². The maximum atomic E-state index is 12.7. The zero-order chi connectivity index (χ0) is 18.1. The van der Waals surface area contributed by atoms with E-state index in [-0.39, 0.29) is 5.91 Å². The Morgan fingerprint density at radius 2 is 1.85 bits per heavy atom. The van der Waals surface area contributed by atoms with Gasteiger partial charge < -0.3 is 9.73 Å². The number of nitrogens with zero attached hydrogens (tertiary/aromatic N) is 2. The van der Waals surface area contributed by atoms with E-state index in [1.807, 2.05) is 72.3 Å². The lowest BCUT2D eigenvalue weighted by molar-refractivity contribution is 0.0997. The molecule has 0 aliphatic heterocycles. The molecule has 0 bridgehead atoms. The highest BCUT2D eigenvalue weighted by Gasteiger charge is 2.19. The van der Waals surface area contributed by atoms with E-state index >= 15 is 0 Å². The van der Waals surface area contributed by atoms with Gasteiger partial charge in [0.15, 0.2) is 11.6 Å². The summed E-state index contributed by atoms with van der Waals surface area (Å²) in [5, 5.41) is 8.35. The normalized spacial score (nSPS) is 11.0. The number of rotatable bonds is 4. The molecular formula is C21H19N3O2. The third kappa shape index (κ3) is 2.77. The van der Waals surface area contributed by atoms with E-state index < -0.39 is 0 Å². The number of aryl methyl sites for hydroxylation is 2. The molecule has 5 heteroatoms. The van der Waals surface area contributed by atoms with Gasteiger partial charge in [0, 0.05) is 22.7 Å². The standard InChI is InChI=1S/C21H19N3O2/c1-3-15-13-19(23-24(15)16-9-5-4-6-10-16)22-21(25)20-14(2)17-11-7-8-12-18(17)26-20/h4-13H,3H2,1-2H3,(H,22,23,25). The molecule has 0 aliphatic rings. The van der Waals surface area contributed by atoms with Crippen LogP contribution in [0.25, 0.3) is 16.7 Å².